The van der Waals surface area contributed by atoms with Crippen LogP contribution in [-0.4, -0.2) is 42.4 Å². The van der Waals surface area contributed by atoms with Gasteiger partial charge in [0.15, 0.2) is 0 Å². The third-order valence-corrected chi connectivity index (χ3v) is 3.85. The fourth-order valence-corrected chi connectivity index (χ4v) is 2.51. The molecule has 0 spiro atoms. The van der Waals surface area contributed by atoms with E-state index in [9.17, 15) is 10.2 Å². The molecule has 2 atom stereocenters. The van der Waals surface area contributed by atoms with Crippen molar-refractivity contribution in [3.05, 3.63) is 65.7 Å². The predicted molar refractivity (Wildman–Crippen MR) is 86.9 cm³/mol. The second-order valence-electron chi connectivity index (χ2n) is 5.34. The van der Waals surface area contributed by atoms with Gasteiger partial charge in [0, 0.05) is 6.54 Å². The van der Waals surface area contributed by atoms with Crippen LogP contribution < -0.4 is 4.74 Å². The van der Waals surface area contributed by atoms with Crippen LogP contribution in [0, 0.1) is 0 Å². The second kappa shape index (κ2) is 7.94. The molecule has 0 aliphatic rings. The molecule has 4 heteroatoms. The van der Waals surface area contributed by atoms with Crippen molar-refractivity contribution in [3.63, 3.8) is 0 Å². The highest BCUT2D eigenvalue weighted by Gasteiger charge is 2.19. The van der Waals surface area contributed by atoms with E-state index in [4.69, 9.17) is 4.74 Å². The van der Waals surface area contributed by atoms with E-state index in [1.54, 1.807) is 7.11 Å². The molecule has 2 aromatic carbocycles. The van der Waals surface area contributed by atoms with Crippen molar-refractivity contribution in [2.75, 3.05) is 27.3 Å². The third-order valence-electron chi connectivity index (χ3n) is 3.85. The SMILES string of the molecule is COc1ccc([C@H](CO)N(C)C[C@H](O)c2ccccc2)cc1. The van der Waals surface area contributed by atoms with E-state index in [1.807, 2.05) is 66.5 Å². The van der Waals surface area contributed by atoms with Gasteiger partial charge in [-0.1, -0.05) is 42.5 Å². The number of rotatable bonds is 7. The first-order chi connectivity index (χ1) is 10.7. The summed E-state index contributed by atoms with van der Waals surface area (Å²) in [5.74, 6) is 0.785. The highest BCUT2D eigenvalue weighted by Crippen LogP contribution is 2.24. The van der Waals surface area contributed by atoms with Crippen LogP contribution in [0.25, 0.3) is 0 Å². The molecule has 2 N–H and O–H groups in total. The van der Waals surface area contributed by atoms with E-state index in [-0.39, 0.29) is 12.6 Å². The average molecular weight is 301 g/mol. The van der Waals surface area contributed by atoms with Crippen molar-refractivity contribution in [1.82, 2.24) is 4.90 Å². The van der Waals surface area contributed by atoms with Crippen LogP contribution in [0.3, 0.4) is 0 Å². The molecular formula is C18H23NO3. The molecule has 22 heavy (non-hydrogen) atoms. The van der Waals surface area contributed by atoms with Crippen molar-refractivity contribution in [2.24, 2.45) is 0 Å². The predicted octanol–water partition coefficient (Wildman–Crippen LogP) is 2.39. The molecule has 2 rings (SSSR count). The monoisotopic (exact) mass is 301 g/mol. The molecule has 2 aromatic rings. The Hall–Kier alpha value is -1.88. The number of hydrogen-bond acceptors (Lipinski definition) is 4. The van der Waals surface area contributed by atoms with Gasteiger partial charge in [0.1, 0.15) is 5.75 Å². The topological polar surface area (TPSA) is 52.9 Å². The van der Waals surface area contributed by atoms with Gasteiger partial charge in [-0.3, -0.25) is 4.90 Å². The molecule has 0 heterocycles. The van der Waals surface area contributed by atoms with Crippen LogP contribution in [0.15, 0.2) is 54.6 Å². The zero-order valence-electron chi connectivity index (χ0n) is 13.0. The van der Waals surface area contributed by atoms with Gasteiger partial charge in [-0.25, -0.2) is 0 Å². The molecule has 0 fully saturated rings. The maximum absolute atomic E-state index is 10.3. The molecule has 118 valence electrons. The highest BCUT2D eigenvalue weighted by molar-refractivity contribution is 5.29. The van der Waals surface area contributed by atoms with E-state index >= 15 is 0 Å². The number of aliphatic hydroxyl groups is 2. The lowest BCUT2D eigenvalue weighted by atomic mass is 10.0. The lowest BCUT2D eigenvalue weighted by Crippen LogP contribution is -2.31. The number of ether oxygens (including phenoxy) is 1. The number of nitrogens with zero attached hydrogens (tertiary/aromatic N) is 1. The Labute approximate surface area is 131 Å². The average Bonchev–Trinajstić information content (AvgIpc) is 2.57. The molecule has 0 aliphatic carbocycles. The standard InChI is InChI=1S/C18H23NO3/c1-19(12-18(21)15-6-4-3-5-7-15)17(13-20)14-8-10-16(22-2)11-9-14/h3-11,17-18,20-21H,12-13H2,1-2H3/t17-,18-/m0/s1. The first kappa shape index (κ1) is 16.5. The number of likely N-dealkylation sites (N-methyl/N-ethyl adjacent to an activating group) is 1. The Morgan fingerprint density at radius 2 is 1.64 bits per heavy atom. The van der Waals surface area contributed by atoms with Crippen LogP contribution in [-0.2, 0) is 0 Å². The first-order valence-corrected chi connectivity index (χ1v) is 7.33. The summed E-state index contributed by atoms with van der Waals surface area (Å²) in [5.41, 5.74) is 1.87. The lowest BCUT2D eigenvalue weighted by Gasteiger charge is -2.29. The minimum Gasteiger partial charge on any atom is -0.497 e. The molecule has 0 unspecified atom stereocenters. The van der Waals surface area contributed by atoms with E-state index in [1.165, 1.54) is 0 Å². The number of hydrogen-bond donors (Lipinski definition) is 2. The van der Waals surface area contributed by atoms with Gasteiger partial charge in [0.25, 0.3) is 0 Å². The maximum atomic E-state index is 10.3. The van der Waals surface area contributed by atoms with Crippen LogP contribution in [0.5, 0.6) is 5.75 Å². The summed E-state index contributed by atoms with van der Waals surface area (Å²) in [6.07, 6.45) is -0.585. The first-order valence-electron chi connectivity index (χ1n) is 7.33. The number of methoxy groups -OCH3 is 1. The van der Waals surface area contributed by atoms with Gasteiger partial charge in [-0.2, -0.15) is 0 Å². The molecule has 4 nitrogen and oxygen atoms in total. The van der Waals surface area contributed by atoms with Gasteiger partial charge < -0.3 is 14.9 Å². The number of aliphatic hydroxyl groups excluding tert-OH is 2. The van der Waals surface area contributed by atoms with Crippen molar-refractivity contribution in [3.8, 4) is 5.75 Å². The Bertz CT molecular complexity index is 556. The largest absolute Gasteiger partial charge is 0.497 e. The summed E-state index contributed by atoms with van der Waals surface area (Å²) in [6, 6.07) is 17.0. The molecular weight excluding hydrogens is 278 g/mol. The molecule has 0 aromatic heterocycles. The third kappa shape index (κ3) is 4.07. The Morgan fingerprint density at radius 1 is 1.00 bits per heavy atom. The molecule has 0 amide bonds. The molecule has 0 saturated heterocycles. The van der Waals surface area contributed by atoms with Crippen molar-refractivity contribution in [1.29, 1.82) is 0 Å². The van der Waals surface area contributed by atoms with E-state index in [0.717, 1.165) is 16.9 Å². The summed E-state index contributed by atoms with van der Waals surface area (Å²) in [4.78, 5) is 1.96. The van der Waals surface area contributed by atoms with Crippen LogP contribution in [0.2, 0.25) is 0 Å². The van der Waals surface area contributed by atoms with Gasteiger partial charge >= 0.3 is 0 Å². The summed E-state index contributed by atoms with van der Waals surface area (Å²) in [5, 5.41) is 20.0. The van der Waals surface area contributed by atoms with Gasteiger partial charge in [-0.05, 0) is 30.3 Å². The quantitative estimate of drug-likeness (QED) is 0.824. The van der Waals surface area contributed by atoms with Crippen LogP contribution in [0.4, 0.5) is 0 Å². The van der Waals surface area contributed by atoms with Crippen molar-refractivity contribution >= 4 is 0 Å². The van der Waals surface area contributed by atoms with Gasteiger partial charge in [0.2, 0.25) is 0 Å². The van der Waals surface area contributed by atoms with Crippen LogP contribution >= 0.6 is 0 Å². The summed E-state index contributed by atoms with van der Waals surface area (Å²) in [6.45, 7) is 0.436. The molecule has 0 saturated carbocycles. The molecule has 0 radical (unpaired) electrons. The lowest BCUT2D eigenvalue weighted by molar-refractivity contribution is 0.0795. The maximum Gasteiger partial charge on any atom is 0.118 e. The van der Waals surface area contributed by atoms with Gasteiger partial charge in [0.05, 0.1) is 25.9 Å². The number of benzene rings is 2. The minimum absolute atomic E-state index is 0.00958. The normalized spacial score (nSPS) is 13.9. The fourth-order valence-electron chi connectivity index (χ4n) is 2.51. The van der Waals surface area contributed by atoms with Crippen molar-refractivity contribution < 1.29 is 14.9 Å². The summed E-state index contributed by atoms with van der Waals surface area (Å²) in [7, 11) is 3.53. The minimum atomic E-state index is -0.585. The second-order valence-corrected chi connectivity index (χ2v) is 5.34. The Kier molecular flexibility index (Phi) is 5.95. The Balaban J connectivity index is 2.06. The Morgan fingerprint density at radius 3 is 2.18 bits per heavy atom. The van der Waals surface area contributed by atoms with Crippen molar-refractivity contribution in [2.45, 2.75) is 12.1 Å². The van der Waals surface area contributed by atoms with Crippen LogP contribution in [0.1, 0.15) is 23.3 Å². The highest BCUT2D eigenvalue weighted by atomic mass is 16.5. The summed E-state index contributed by atoms with van der Waals surface area (Å²) < 4.78 is 5.15. The van der Waals surface area contributed by atoms with E-state index in [2.05, 4.69) is 0 Å². The van der Waals surface area contributed by atoms with E-state index < -0.39 is 6.10 Å². The molecule has 0 aliphatic heterocycles. The summed E-state index contributed by atoms with van der Waals surface area (Å²) >= 11 is 0. The van der Waals surface area contributed by atoms with Gasteiger partial charge in [-0.15, -0.1) is 0 Å². The zero-order valence-corrected chi connectivity index (χ0v) is 13.0. The van der Waals surface area contributed by atoms with E-state index in [0.29, 0.717) is 6.54 Å². The molecule has 0 bridgehead atoms. The zero-order chi connectivity index (χ0) is 15.9. The fraction of sp³-hybridized carbons (Fsp3) is 0.333. The smallest absolute Gasteiger partial charge is 0.118 e.